The van der Waals surface area contributed by atoms with E-state index >= 15 is 0 Å². The van der Waals surface area contributed by atoms with Crippen molar-refractivity contribution in [1.82, 2.24) is 0 Å². The number of benzene rings is 1. The average molecular weight is 254 g/mol. The fourth-order valence-corrected chi connectivity index (χ4v) is 2.11. The first-order valence-corrected chi connectivity index (χ1v) is 5.81. The zero-order chi connectivity index (χ0) is 10.2. The van der Waals surface area contributed by atoms with Crippen LogP contribution in [0.4, 0.5) is 4.79 Å². The first kappa shape index (κ1) is 10.8. The molecule has 0 N–H and O–H groups in total. The molecule has 0 saturated carbocycles. The summed E-state index contributed by atoms with van der Waals surface area (Å²) in [6.07, 6.45) is 0.261. The third kappa shape index (κ3) is 4.08. The van der Waals surface area contributed by atoms with Gasteiger partial charge in [0.25, 0.3) is 0 Å². The molecule has 0 aliphatic carbocycles. The Labute approximate surface area is 88.8 Å². The van der Waals surface area contributed by atoms with Crippen LogP contribution in [0.3, 0.4) is 0 Å². The molecule has 3 nitrogen and oxygen atoms in total. The van der Waals surface area contributed by atoms with Gasteiger partial charge in [-0.2, -0.15) is 0 Å². The van der Waals surface area contributed by atoms with Crippen molar-refractivity contribution in [2.45, 2.75) is 6.42 Å². The summed E-state index contributed by atoms with van der Waals surface area (Å²) < 4.78 is 5.84. The summed E-state index contributed by atoms with van der Waals surface area (Å²) in [4.78, 5) is 11.0. The van der Waals surface area contributed by atoms with Crippen LogP contribution in [0.1, 0.15) is 6.42 Å². The molecular weight excluding hydrogens is 245 g/mol. The molecule has 1 rings (SSSR count). The molecule has 0 radical (unpaired) electrons. The van der Waals surface area contributed by atoms with Crippen molar-refractivity contribution in [2.24, 2.45) is 0 Å². The molecule has 0 aromatic heterocycles. The van der Waals surface area contributed by atoms with Crippen LogP contribution in [0.25, 0.3) is 0 Å². The van der Waals surface area contributed by atoms with E-state index in [1.165, 1.54) is 0 Å². The van der Waals surface area contributed by atoms with Crippen molar-refractivity contribution in [2.75, 3.05) is 6.61 Å². The number of carbonyl (C=O) groups is 1. The van der Waals surface area contributed by atoms with E-state index < -0.39 is 0 Å². The second-order valence-corrected chi connectivity index (χ2v) is 4.54. The number of carbonyl (C=O) groups excluding carboxylic acids is 1. The Morgan fingerprint density at radius 3 is 2.79 bits per heavy atom. The summed E-state index contributed by atoms with van der Waals surface area (Å²) in [5.74, 6) is 0. The van der Waals surface area contributed by atoms with E-state index in [1.807, 2.05) is 36.4 Å². The molecule has 0 bridgehead atoms. The Kier molecular flexibility index (Phi) is 4.77. The Bertz CT molecular complexity index is 332. The maximum atomic E-state index is 11.2. The predicted molar refractivity (Wildman–Crippen MR) is 53.4 cm³/mol. The van der Waals surface area contributed by atoms with E-state index in [4.69, 9.17) is 10.00 Å². The van der Waals surface area contributed by atoms with Crippen LogP contribution < -0.4 is 4.46 Å². The second kappa shape index (κ2) is 6.20. The monoisotopic (exact) mass is 255 g/mol. The molecule has 1 aromatic rings. The van der Waals surface area contributed by atoms with Crippen LogP contribution in [-0.2, 0) is 4.74 Å². The first-order chi connectivity index (χ1) is 6.83. The van der Waals surface area contributed by atoms with Gasteiger partial charge in [0, 0.05) is 0 Å². The summed E-state index contributed by atoms with van der Waals surface area (Å²) in [5, 5.41) is 8.23. The van der Waals surface area contributed by atoms with Gasteiger partial charge in [-0.25, -0.2) is 0 Å². The molecule has 0 heterocycles. The molecule has 0 spiro atoms. The second-order valence-electron chi connectivity index (χ2n) is 2.42. The van der Waals surface area contributed by atoms with Gasteiger partial charge in [0.2, 0.25) is 0 Å². The van der Waals surface area contributed by atoms with E-state index in [1.54, 1.807) is 0 Å². The Morgan fingerprint density at radius 1 is 1.43 bits per heavy atom. The van der Waals surface area contributed by atoms with Gasteiger partial charge in [0.1, 0.15) is 0 Å². The molecule has 0 fully saturated rings. The van der Waals surface area contributed by atoms with Gasteiger partial charge >= 0.3 is 88.5 Å². The van der Waals surface area contributed by atoms with Crippen molar-refractivity contribution in [3.8, 4) is 6.07 Å². The van der Waals surface area contributed by atoms with Crippen LogP contribution in [0.15, 0.2) is 30.3 Å². The van der Waals surface area contributed by atoms with Crippen LogP contribution in [0.2, 0.25) is 0 Å². The molecule has 0 amide bonds. The number of ether oxygens (including phenoxy) is 1. The van der Waals surface area contributed by atoms with Gasteiger partial charge in [-0.3, -0.25) is 0 Å². The zero-order valence-electron chi connectivity index (χ0n) is 7.47. The van der Waals surface area contributed by atoms with Gasteiger partial charge in [0.15, 0.2) is 0 Å². The number of nitriles is 1. The van der Waals surface area contributed by atoms with Crippen LogP contribution >= 0.6 is 0 Å². The van der Waals surface area contributed by atoms with Crippen molar-refractivity contribution < 1.29 is 9.53 Å². The third-order valence-electron chi connectivity index (χ3n) is 1.38. The van der Waals surface area contributed by atoms with E-state index in [2.05, 4.69) is 0 Å². The van der Waals surface area contributed by atoms with E-state index in [-0.39, 0.29) is 32.9 Å². The number of hydrogen-bond donors (Lipinski definition) is 0. The standard InChI is InChI=1S/C10H9NO2Se/c11-7-4-8-13-10(12)14-9-5-2-1-3-6-9/h1-3,5-6H,4,8H2. The molecule has 14 heavy (non-hydrogen) atoms. The molecule has 0 atom stereocenters. The van der Waals surface area contributed by atoms with Gasteiger partial charge in [-0.05, 0) is 0 Å². The van der Waals surface area contributed by atoms with E-state index in [0.717, 1.165) is 4.46 Å². The quantitative estimate of drug-likeness (QED) is 0.596. The van der Waals surface area contributed by atoms with Gasteiger partial charge in [-0.15, -0.1) is 0 Å². The van der Waals surface area contributed by atoms with E-state index in [0.29, 0.717) is 0 Å². The van der Waals surface area contributed by atoms with Gasteiger partial charge in [-0.1, -0.05) is 0 Å². The topological polar surface area (TPSA) is 50.1 Å². The van der Waals surface area contributed by atoms with Gasteiger partial charge in [0.05, 0.1) is 0 Å². The minimum atomic E-state index is -0.295. The molecular formula is C10H9NO2Se. The van der Waals surface area contributed by atoms with Crippen LogP contribution in [0, 0.1) is 11.3 Å². The van der Waals surface area contributed by atoms with Crippen molar-refractivity contribution in [3.63, 3.8) is 0 Å². The molecule has 1 aromatic carbocycles. The molecule has 0 aliphatic heterocycles. The Morgan fingerprint density at radius 2 is 2.14 bits per heavy atom. The summed E-state index contributed by atoms with van der Waals surface area (Å²) in [7, 11) is 0. The third-order valence-corrected chi connectivity index (χ3v) is 3.04. The summed E-state index contributed by atoms with van der Waals surface area (Å²) in [6, 6.07) is 11.4. The number of hydrogen-bond acceptors (Lipinski definition) is 3. The Balaban J connectivity index is 2.32. The number of nitrogens with zero attached hydrogens (tertiary/aromatic N) is 1. The SMILES string of the molecule is N#CCCOC(=O)[Se]c1ccccc1. The van der Waals surface area contributed by atoms with Gasteiger partial charge < -0.3 is 0 Å². The molecule has 0 saturated heterocycles. The van der Waals surface area contributed by atoms with Crippen molar-refractivity contribution in [3.05, 3.63) is 30.3 Å². The number of rotatable bonds is 4. The fourth-order valence-electron chi connectivity index (χ4n) is 0.794. The van der Waals surface area contributed by atoms with Crippen LogP contribution in [0.5, 0.6) is 0 Å². The Hall–Kier alpha value is -1.30. The minimum absolute atomic E-state index is 0.198. The zero-order valence-corrected chi connectivity index (χ0v) is 9.19. The maximum absolute atomic E-state index is 11.2. The summed E-state index contributed by atoms with van der Waals surface area (Å²) in [6.45, 7) is 0.198. The fraction of sp³-hybridized carbons (Fsp3) is 0.200. The molecule has 0 aliphatic rings. The van der Waals surface area contributed by atoms with E-state index in [9.17, 15) is 4.79 Å². The first-order valence-electron chi connectivity index (χ1n) is 4.09. The van der Waals surface area contributed by atoms with Crippen molar-refractivity contribution in [1.29, 1.82) is 5.26 Å². The summed E-state index contributed by atoms with van der Waals surface area (Å²) >= 11 is -0.295. The molecule has 72 valence electrons. The normalized spacial score (nSPS) is 9.07. The van der Waals surface area contributed by atoms with Crippen LogP contribution in [-0.4, -0.2) is 26.4 Å². The van der Waals surface area contributed by atoms with Crippen molar-refractivity contribution >= 4 is 24.3 Å². The molecule has 0 unspecified atom stereocenters. The molecule has 4 heteroatoms. The predicted octanol–water partition coefficient (Wildman–Crippen LogP) is 1.07. The summed E-state index contributed by atoms with van der Waals surface area (Å²) in [5.41, 5.74) is 0. The average Bonchev–Trinajstić information content (AvgIpc) is 2.20.